The molecule has 2 heterocycles. The maximum Gasteiger partial charge on any atom is 0.312 e. The SMILES string of the molecule is C[C@@H](C(=O)O)c1nn(C)cc1-c1ccc(O[C@@H]2CC[C@@H](NC(=O)[C@]3(F)CNC4(CCC4)C3)C2)c(-c2cccc(F)c2C2CCC2)c1. The number of hydrogen-bond donors (Lipinski definition) is 3. The van der Waals surface area contributed by atoms with Crippen LogP contribution in [0.15, 0.2) is 42.6 Å². The van der Waals surface area contributed by atoms with Crippen LogP contribution < -0.4 is 15.4 Å². The van der Waals surface area contributed by atoms with E-state index in [1.165, 1.54) is 6.07 Å². The Morgan fingerprint density at radius 2 is 1.91 bits per heavy atom. The molecule has 4 atom stereocenters. The number of halogens is 2. The number of alkyl halides is 1. The number of carboxylic acid groups (broad SMARTS) is 1. The number of benzene rings is 2. The lowest BCUT2D eigenvalue weighted by molar-refractivity contribution is -0.138. The standard InChI is InChI=1S/C36H42F2N4O4/c1-21(33(43)44)32-28(18-42(2)41-32)23-10-13-30(27(16-23)26-8-4-9-29(37)31(26)22-6-3-7-22)46-25-12-11-24(17-25)40-34(45)36(38)19-35(39-20-36)14-5-15-35/h4,8-10,13,16,18,21-22,24-25,39H,3,5-7,11-12,14-15,17,19-20H2,1-2H3,(H,40,45)(H,43,44)/t21-,24-,25-,36-/m1/s1. The van der Waals surface area contributed by atoms with Gasteiger partial charge in [0.1, 0.15) is 17.7 Å². The molecule has 4 aliphatic rings. The number of nitrogens with one attached hydrogen (secondary N) is 2. The summed E-state index contributed by atoms with van der Waals surface area (Å²) in [4.78, 5) is 25.0. The van der Waals surface area contributed by atoms with Crippen LogP contribution in [0.5, 0.6) is 5.75 Å². The van der Waals surface area contributed by atoms with Gasteiger partial charge >= 0.3 is 5.97 Å². The number of rotatable bonds is 9. The summed E-state index contributed by atoms with van der Waals surface area (Å²) in [5.41, 5.74) is 1.99. The van der Waals surface area contributed by atoms with Crippen LogP contribution in [0.25, 0.3) is 22.3 Å². The molecule has 7 rings (SSSR count). The quantitative estimate of drug-likeness (QED) is 0.253. The Hall–Kier alpha value is -3.79. The zero-order valence-electron chi connectivity index (χ0n) is 26.5. The fraction of sp³-hybridized carbons (Fsp3) is 0.528. The molecule has 1 aliphatic heterocycles. The molecule has 3 saturated carbocycles. The van der Waals surface area contributed by atoms with Crippen molar-refractivity contribution in [1.29, 1.82) is 0 Å². The first-order chi connectivity index (χ1) is 22.0. The number of nitrogens with zero attached hydrogens (tertiary/aromatic N) is 2. The minimum atomic E-state index is -1.89. The van der Waals surface area contributed by atoms with E-state index in [0.29, 0.717) is 41.8 Å². The average Bonchev–Trinajstić information content (AvgIpc) is 3.70. The summed E-state index contributed by atoms with van der Waals surface area (Å²) in [7, 11) is 1.76. The Morgan fingerprint density at radius 3 is 2.59 bits per heavy atom. The maximum absolute atomic E-state index is 15.7. The molecule has 3 aromatic rings. The molecule has 1 amide bonds. The van der Waals surface area contributed by atoms with Crippen LogP contribution in [-0.2, 0) is 16.6 Å². The summed E-state index contributed by atoms with van der Waals surface area (Å²) >= 11 is 0. The molecule has 8 nitrogen and oxygen atoms in total. The molecule has 10 heteroatoms. The highest BCUT2D eigenvalue weighted by molar-refractivity contribution is 5.86. The van der Waals surface area contributed by atoms with Crippen molar-refractivity contribution in [2.24, 2.45) is 7.05 Å². The van der Waals surface area contributed by atoms with Gasteiger partial charge in [-0.3, -0.25) is 14.3 Å². The molecule has 46 heavy (non-hydrogen) atoms. The number of carboxylic acids is 1. The molecule has 0 unspecified atom stereocenters. The number of amides is 1. The lowest BCUT2D eigenvalue weighted by Gasteiger charge is -2.38. The van der Waals surface area contributed by atoms with Gasteiger partial charge in [-0.05, 0) is 92.7 Å². The first kappa shape index (κ1) is 30.8. The molecule has 1 spiro atoms. The number of aromatic nitrogens is 2. The number of aliphatic carboxylic acids is 1. The van der Waals surface area contributed by atoms with Crippen molar-refractivity contribution in [1.82, 2.24) is 20.4 Å². The zero-order valence-corrected chi connectivity index (χ0v) is 26.5. The van der Waals surface area contributed by atoms with Gasteiger partial charge in [0.25, 0.3) is 5.91 Å². The van der Waals surface area contributed by atoms with E-state index in [1.54, 1.807) is 30.9 Å². The van der Waals surface area contributed by atoms with E-state index < -0.39 is 23.5 Å². The van der Waals surface area contributed by atoms with Crippen molar-refractivity contribution in [2.45, 2.75) is 106 Å². The van der Waals surface area contributed by atoms with Crippen molar-refractivity contribution in [3.63, 3.8) is 0 Å². The van der Waals surface area contributed by atoms with Crippen LogP contribution in [0.2, 0.25) is 0 Å². The lowest BCUT2D eigenvalue weighted by atomic mass is 9.74. The first-order valence-electron chi connectivity index (χ1n) is 16.7. The normalized spacial score (nSPS) is 26.0. The minimum Gasteiger partial charge on any atom is -0.490 e. The van der Waals surface area contributed by atoms with E-state index in [1.807, 2.05) is 24.3 Å². The van der Waals surface area contributed by atoms with Gasteiger partial charge in [0.2, 0.25) is 5.67 Å². The largest absolute Gasteiger partial charge is 0.490 e. The average molecular weight is 633 g/mol. The molecule has 1 aromatic heterocycles. The van der Waals surface area contributed by atoms with Crippen molar-refractivity contribution < 1.29 is 28.2 Å². The summed E-state index contributed by atoms with van der Waals surface area (Å²) in [6, 6.07) is 10.7. The van der Waals surface area contributed by atoms with Gasteiger partial charge in [0, 0.05) is 55.3 Å². The number of carbonyl (C=O) groups excluding carboxylic acids is 1. The predicted molar refractivity (Wildman–Crippen MR) is 170 cm³/mol. The van der Waals surface area contributed by atoms with Gasteiger partial charge in [-0.2, -0.15) is 5.10 Å². The molecule has 4 fully saturated rings. The fourth-order valence-corrected chi connectivity index (χ4v) is 7.84. The Kier molecular flexibility index (Phi) is 7.90. The number of aryl methyl sites for hydroxylation is 1. The van der Waals surface area contributed by atoms with Crippen molar-refractivity contribution in [3.8, 4) is 28.0 Å². The second-order valence-corrected chi connectivity index (χ2v) is 14.1. The number of ether oxygens (including phenoxy) is 1. The summed E-state index contributed by atoms with van der Waals surface area (Å²) < 4.78 is 39.3. The van der Waals surface area contributed by atoms with Crippen molar-refractivity contribution in [2.75, 3.05) is 6.54 Å². The van der Waals surface area contributed by atoms with Crippen LogP contribution in [0.3, 0.4) is 0 Å². The first-order valence-corrected chi connectivity index (χ1v) is 16.7. The monoisotopic (exact) mass is 632 g/mol. The zero-order chi connectivity index (χ0) is 32.2. The second-order valence-electron chi connectivity index (χ2n) is 14.1. The van der Waals surface area contributed by atoms with E-state index in [2.05, 4.69) is 15.7 Å². The van der Waals surface area contributed by atoms with Gasteiger partial charge in [-0.25, -0.2) is 8.78 Å². The molecule has 2 aromatic carbocycles. The van der Waals surface area contributed by atoms with E-state index in [9.17, 15) is 14.7 Å². The second kappa shape index (κ2) is 11.8. The molecule has 0 bridgehead atoms. The van der Waals surface area contributed by atoms with E-state index in [4.69, 9.17) is 4.74 Å². The predicted octanol–water partition coefficient (Wildman–Crippen LogP) is 6.39. The molecule has 1 saturated heterocycles. The number of carbonyl (C=O) groups is 2. The van der Waals surface area contributed by atoms with Crippen LogP contribution >= 0.6 is 0 Å². The van der Waals surface area contributed by atoms with Crippen LogP contribution in [-0.4, -0.2) is 56.7 Å². The Labute approximate surface area is 267 Å². The van der Waals surface area contributed by atoms with E-state index in [-0.39, 0.29) is 42.4 Å². The van der Waals surface area contributed by atoms with Crippen molar-refractivity contribution >= 4 is 11.9 Å². The molecule has 3 N–H and O–H groups in total. The van der Waals surface area contributed by atoms with Gasteiger partial charge < -0.3 is 20.5 Å². The van der Waals surface area contributed by atoms with E-state index >= 15 is 8.78 Å². The van der Waals surface area contributed by atoms with Crippen LogP contribution in [0, 0.1) is 5.82 Å². The Morgan fingerprint density at radius 1 is 1.11 bits per heavy atom. The third kappa shape index (κ3) is 5.58. The summed E-state index contributed by atoms with van der Waals surface area (Å²) in [6.07, 6.45) is 9.53. The third-order valence-electron chi connectivity index (χ3n) is 10.9. The highest BCUT2D eigenvalue weighted by atomic mass is 19.1. The highest BCUT2D eigenvalue weighted by Crippen LogP contribution is 2.47. The Bertz CT molecular complexity index is 1670. The summed E-state index contributed by atoms with van der Waals surface area (Å²) in [5, 5.41) is 20.4. The van der Waals surface area contributed by atoms with Gasteiger partial charge in [-0.1, -0.05) is 24.6 Å². The minimum absolute atomic E-state index is 0.0576. The number of hydrogen-bond acceptors (Lipinski definition) is 5. The fourth-order valence-electron chi connectivity index (χ4n) is 7.84. The van der Waals surface area contributed by atoms with Crippen molar-refractivity contribution in [3.05, 3.63) is 59.7 Å². The Balaban J connectivity index is 1.16. The third-order valence-corrected chi connectivity index (χ3v) is 10.9. The van der Waals surface area contributed by atoms with E-state index in [0.717, 1.165) is 55.2 Å². The molecular weight excluding hydrogens is 590 g/mol. The highest BCUT2D eigenvalue weighted by Gasteiger charge is 2.55. The molecule has 244 valence electrons. The summed E-state index contributed by atoms with van der Waals surface area (Å²) in [6.45, 7) is 1.67. The molecule has 3 aliphatic carbocycles. The maximum atomic E-state index is 15.7. The topological polar surface area (TPSA) is 105 Å². The van der Waals surface area contributed by atoms with Gasteiger partial charge in [0.15, 0.2) is 0 Å². The molecular formula is C36H42F2N4O4. The molecule has 0 radical (unpaired) electrons. The van der Waals surface area contributed by atoms with Crippen LogP contribution in [0.1, 0.15) is 94.2 Å². The lowest BCUT2D eigenvalue weighted by Crippen LogP contribution is -2.49. The summed E-state index contributed by atoms with van der Waals surface area (Å²) in [5.74, 6) is -1.84. The smallest absolute Gasteiger partial charge is 0.312 e. The van der Waals surface area contributed by atoms with Gasteiger partial charge in [0.05, 0.1) is 11.6 Å². The van der Waals surface area contributed by atoms with Crippen LogP contribution in [0.4, 0.5) is 8.78 Å². The van der Waals surface area contributed by atoms with Gasteiger partial charge in [-0.15, -0.1) is 0 Å².